The van der Waals surface area contributed by atoms with Crippen LogP contribution in [-0.4, -0.2) is 37.0 Å². The minimum Gasteiger partial charge on any atom is -0.351 e. The van der Waals surface area contributed by atoms with Crippen LogP contribution in [0.4, 0.5) is 0 Å². The molecule has 1 amide bonds. The highest BCUT2D eigenvalue weighted by molar-refractivity contribution is 7.71. The number of H-pyrrole nitrogens is 1. The summed E-state index contributed by atoms with van der Waals surface area (Å²) in [5.41, 5.74) is 2.96. The summed E-state index contributed by atoms with van der Waals surface area (Å²) in [5.74, 6) is 0.648. The smallest absolute Gasteiger partial charge is 0.255 e. The van der Waals surface area contributed by atoms with E-state index in [2.05, 4.69) is 29.4 Å². The lowest BCUT2D eigenvalue weighted by molar-refractivity contribution is 0.0954. The number of hydrogen-bond acceptors (Lipinski definition) is 4. The predicted octanol–water partition coefficient (Wildman–Crippen LogP) is 4.35. The molecule has 31 heavy (non-hydrogen) atoms. The summed E-state index contributed by atoms with van der Waals surface area (Å²) in [4.78, 5) is 13.1. The molecule has 4 rings (SSSR count). The van der Waals surface area contributed by atoms with E-state index in [0.29, 0.717) is 29.0 Å². The van der Waals surface area contributed by atoms with Gasteiger partial charge in [0.15, 0.2) is 4.77 Å². The Labute approximate surface area is 185 Å². The first-order valence-corrected chi connectivity index (χ1v) is 10.6. The molecule has 0 bridgehead atoms. The standard InChI is InChI=1S/C23H24N6OS/c1-16(2)29-20(25-26-23(29)31)13-14-24-22(30)19-15-28(18-11-7-4-8-12-18)27-21(19)17-9-5-3-6-10-17/h3-12,15-16H,13-14H2,1-2H3,(H,24,30)(H,26,31). The van der Waals surface area contributed by atoms with Gasteiger partial charge < -0.3 is 9.88 Å². The Morgan fingerprint density at radius 2 is 1.77 bits per heavy atom. The van der Waals surface area contributed by atoms with Gasteiger partial charge in [-0.3, -0.25) is 9.89 Å². The van der Waals surface area contributed by atoms with E-state index < -0.39 is 0 Å². The largest absolute Gasteiger partial charge is 0.351 e. The SMILES string of the molecule is CC(C)n1c(CCNC(=O)c2cn(-c3ccccc3)nc2-c2ccccc2)n[nH]c1=S. The molecular formula is C23H24N6OS. The lowest BCUT2D eigenvalue weighted by atomic mass is 10.1. The number of aromatic amines is 1. The van der Waals surface area contributed by atoms with Crippen molar-refractivity contribution >= 4 is 18.1 Å². The van der Waals surface area contributed by atoms with Crippen LogP contribution >= 0.6 is 12.2 Å². The van der Waals surface area contributed by atoms with Crippen molar-refractivity contribution < 1.29 is 4.79 Å². The van der Waals surface area contributed by atoms with Crippen molar-refractivity contribution in [2.45, 2.75) is 26.3 Å². The summed E-state index contributed by atoms with van der Waals surface area (Å²) < 4.78 is 4.29. The number of para-hydroxylation sites is 1. The molecule has 2 aromatic heterocycles. The van der Waals surface area contributed by atoms with Crippen LogP contribution in [0.3, 0.4) is 0 Å². The van der Waals surface area contributed by atoms with Crippen LogP contribution < -0.4 is 5.32 Å². The van der Waals surface area contributed by atoms with Crippen LogP contribution in [0.5, 0.6) is 0 Å². The third kappa shape index (κ3) is 4.49. The van der Waals surface area contributed by atoms with E-state index in [1.54, 1.807) is 10.9 Å². The van der Waals surface area contributed by atoms with Crippen LogP contribution in [0.15, 0.2) is 66.9 Å². The van der Waals surface area contributed by atoms with Gasteiger partial charge in [0.1, 0.15) is 11.5 Å². The van der Waals surface area contributed by atoms with Crippen LogP contribution in [0, 0.1) is 4.77 Å². The summed E-state index contributed by atoms with van der Waals surface area (Å²) in [6.45, 7) is 4.55. The molecule has 0 aliphatic heterocycles. The van der Waals surface area contributed by atoms with E-state index in [-0.39, 0.29) is 11.9 Å². The van der Waals surface area contributed by atoms with Gasteiger partial charge in [-0.2, -0.15) is 10.2 Å². The zero-order valence-corrected chi connectivity index (χ0v) is 18.3. The summed E-state index contributed by atoms with van der Waals surface area (Å²) in [7, 11) is 0. The maximum Gasteiger partial charge on any atom is 0.255 e. The number of nitrogens with zero attached hydrogens (tertiary/aromatic N) is 4. The van der Waals surface area contributed by atoms with Gasteiger partial charge in [-0.1, -0.05) is 48.5 Å². The Hall–Kier alpha value is -3.52. The molecule has 0 spiro atoms. The quantitative estimate of drug-likeness (QED) is 0.426. The van der Waals surface area contributed by atoms with Crippen molar-refractivity contribution in [1.82, 2.24) is 29.9 Å². The Morgan fingerprint density at radius 3 is 2.45 bits per heavy atom. The Balaban J connectivity index is 1.57. The first-order chi connectivity index (χ1) is 15.0. The molecule has 2 aromatic carbocycles. The number of benzene rings is 2. The molecule has 4 aromatic rings. The highest BCUT2D eigenvalue weighted by Gasteiger charge is 2.19. The molecule has 0 atom stereocenters. The van der Waals surface area contributed by atoms with Gasteiger partial charge in [0.05, 0.1) is 11.3 Å². The fourth-order valence-electron chi connectivity index (χ4n) is 3.49. The van der Waals surface area contributed by atoms with Gasteiger partial charge in [0.2, 0.25) is 0 Å². The maximum atomic E-state index is 13.1. The predicted molar refractivity (Wildman–Crippen MR) is 123 cm³/mol. The van der Waals surface area contributed by atoms with E-state index in [0.717, 1.165) is 17.1 Å². The first-order valence-electron chi connectivity index (χ1n) is 10.2. The average Bonchev–Trinajstić information content (AvgIpc) is 3.39. The van der Waals surface area contributed by atoms with E-state index in [9.17, 15) is 4.79 Å². The van der Waals surface area contributed by atoms with Gasteiger partial charge >= 0.3 is 0 Å². The molecule has 0 radical (unpaired) electrons. The minimum atomic E-state index is -0.175. The summed E-state index contributed by atoms with van der Waals surface area (Å²) in [6, 6.07) is 19.7. The van der Waals surface area contributed by atoms with Crippen molar-refractivity contribution in [2.75, 3.05) is 6.54 Å². The summed E-state index contributed by atoms with van der Waals surface area (Å²) in [6.07, 6.45) is 2.35. The Morgan fingerprint density at radius 1 is 1.10 bits per heavy atom. The molecule has 8 heteroatoms. The topological polar surface area (TPSA) is 80.5 Å². The highest BCUT2D eigenvalue weighted by Crippen LogP contribution is 2.23. The number of nitrogens with one attached hydrogen (secondary N) is 2. The van der Waals surface area contributed by atoms with Gasteiger partial charge in [0, 0.05) is 30.8 Å². The van der Waals surface area contributed by atoms with Crippen molar-refractivity contribution in [3.63, 3.8) is 0 Å². The third-order valence-corrected chi connectivity index (χ3v) is 5.24. The number of amides is 1. The monoisotopic (exact) mass is 432 g/mol. The highest BCUT2D eigenvalue weighted by atomic mass is 32.1. The lowest BCUT2D eigenvalue weighted by Crippen LogP contribution is -2.27. The Kier molecular flexibility index (Phi) is 6.08. The molecule has 2 N–H and O–H groups in total. The normalized spacial score (nSPS) is 11.1. The number of carbonyl (C=O) groups is 1. The third-order valence-electron chi connectivity index (χ3n) is 4.95. The number of rotatable bonds is 7. The minimum absolute atomic E-state index is 0.175. The fourth-order valence-corrected chi connectivity index (χ4v) is 3.85. The molecule has 0 fully saturated rings. The van der Waals surface area contributed by atoms with E-state index in [1.807, 2.05) is 65.2 Å². The summed E-state index contributed by atoms with van der Waals surface area (Å²) >= 11 is 5.29. The fraction of sp³-hybridized carbons (Fsp3) is 0.217. The zero-order valence-electron chi connectivity index (χ0n) is 17.4. The molecule has 0 aliphatic carbocycles. The van der Waals surface area contributed by atoms with Crippen LogP contribution in [0.1, 0.15) is 36.1 Å². The van der Waals surface area contributed by atoms with E-state index in [4.69, 9.17) is 17.3 Å². The molecular weight excluding hydrogens is 408 g/mol. The second kappa shape index (κ2) is 9.09. The lowest BCUT2D eigenvalue weighted by Gasteiger charge is -2.10. The van der Waals surface area contributed by atoms with Crippen molar-refractivity contribution in [3.05, 3.63) is 83.0 Å². The zero-order chi connectivity index (χ0) is 21.8. The van der Waals surface area contributed by atoms with Gasteiger partial charge in [-0.05, 0) is 38.2 Å². The molecule has 0 saturated heterocycles. The van der Waals surface area contributed by atoms with Gasteiger partial charge in [0.25, 0.3) is 5.91 Å². The molecule has 7 nitrogen and oxygen atoms in total. The first kappa shape index (κ1) is 20.7. The Bertz CT molecular complexity index is 1220. The van der Waals surface area contributed by atoms with E-state index >= 15 is 0 Å². The van der Waals surface area contributed by atoms with Crippen LogP contribution in [-0.2, 0) is 6.42 Å². The molecule has 0 saturated carbocycles. The number of hydrogen-bond donors (Lipinski definition) is 2. The van der Waals surface area contributed by atoms with Gasteiger partial charge in [-0.25, -0.2) is 4.68 Å². The van der Waals surface area contributed by atoms with Crippen molar-refractivity contribution in [1.29, 1.82) is 0 Å². The second-order valence-corrected chi connectivity index (χ2v) is 7.84. The second-order valence-electron chi connectivity index (χ2n) is 7.45. The number of carbonyl (C=O) groups excluding carboxylic acids is 1. The van der Waals surface area contributed by atoms with Crippen molar-refractivity contribution in [2.24, 2.45) is 0 Å². The molecule has 158 valence electrons. The van der Waals surface area contributed by atoms with E-state index in [1.165, 1.54) is 0 Å². The van der Waals surface area contributed by atoms with Crippen molar-refractivity contribution in [3.8, 4) is 16.9 Å². The van der Waals surface area contributed by atoms with Crippen LogP contribution in [0.25, 0.3) is 16.9 Å². The molecule has 0 aliphatic rings. The van der Waals surface area contributed by atoms with Gasteiger partial charge in [-0.15, -0.1) is 0 Å². The molecule has 2 heterocycles. The van der Waals surface area contributed by atoms with Crippen LogP contribution in [0.2, 0.25) is 0 Å². The maximum absolute atomic E-state index is 13.1. The number of aromatic nitrogens is 5. The molecule has 0 unspecified atom stereocenters. The average molecular weight is 433 g/mol. The summed E-state index contributed by atoms with van der Waals surface area (Å²) in [5, 5.41) is 14.8.